The Morgan fingerprint density at radius 1 is 0.952 bits per heavy atom. The second kappa shape index (κ2) is 7.60. The molecule has 0 saturated heterocycles. The fourth-order valence-corrected chi connectivity index (χ4v) is 2.17. The summed E-state index contributed by atoms with van der Waals surface area (Å²) in [7, 11) is 1.86. The lowest BCUT2D eigenvalue weighted by Crippen LogP contribution is -2.30. The lowest BCUT2D eigenvalue weighted by molar-refractivity contribution is -0.129. The first-order chi connectivity index (χ1) is 10.2. The molecule has 0 radical (unpaired) electrons. The molecule has 0 aliphatic heterocycles. The summed E-state index contributed by atoms with van der Waals surface area (Å²) >= 11 is 0. The zero-order valence-electron chi connectivity index (χ0n) is 12.5. The third-order valence-electron chi connectivity index (χ3n) is 3.62. The number of nitrogens with zero attached hydrogens (tertiary/aromatic N) is 1. The summed E-state index contributed by atoms with van der Waals surface area (Å²) in [4.78, 5) is 14.0. The van der Waals surface area contributed by atoms with Crippen LogP contribution >= 0.6 is 0 Å². The van der Waals surface area contributed by atoms with Gasteiger partial charge < -0.3 is 10.6 Å². The first kappa shape index (κ1) is 15.3. The van der Waals surface area contributed by atoms with Gasteiger partial charge in [0.05, 0.1) is 6.42 Å². The molecular weight excluding hydrogens is 260 g/mol. The fourth-order valence-electron chi connectivity index (χ4n) is 2.17. The SMILES string of the molecule is CN(CCc1ccccc1)C(=O)Cc1ccc(CN)cc1. The molecule has 2 aromatic rings. The smallest absolute Gasteiger partial charge is 0.226 e. The second-order valence-corrected chi connectivity index (χ2v) is 5.25. The molecule has 0 atom stereocenters. The van der Waals surface area contributed by atoms with Gasteiger partial charge in [-0.3, -0.25) is 4.79 Å². The van der Waals surface area contributed by atoms with Gasteiger partial charge in [0.15, 0.2) is 0 Å². The molecule has 0 aliphatic carbocycles. The number of rotatable bonds is 6. The van der Waals surface area contributed by atoms with Crippen LogP contribution in [0.5, 0.6) is 0 Å². The van der Waals surface area contributed by atoms with E-state index in [0.717, 1.165) is 24.1 Å². The van der Waals surface area contributed by atoms with Crippen LogP contribution in [0.3, 0.4) is 0 Å². The predicted molar refractivity (Wildman–Crippen MR) is 85.8 cm³/mol. The van der Waals surface area contributed by atoms with Crippen molar-refractivity contribution in [3.63, 3.8) is 0 Å². The Balaban J connectivity index is 1.84. The number of benzene rings is 2. The van der Waals surface area contributed by atoms with Gasteiger partial charge in [0.1, 0.15) is 0 Å². The van der Waals surface area contributed by atoms with Crippen LogP contribution in [0.1, 0.15) is 16.7 Å². The molecule has 2 aromatic carbocycles. The van der Waals surface area contributed by atoms with Gasteiger partial charge in [0.2, 0.25) is 5.91 Å². The van der Waals surface area contributed by atoms with Gasteiger partial charge in [-0.15, -0.1) is 0 Å². The van der Waals surface area contributed by atoms with E-state index in [4.69, 9.17) is 5.73 Å². The molecule has 21 heavy (non-hydrogen) atoms. The van der Waals surface area contributed by atoms with Crippen molar-refractivity contribution in [3.05, 3.63) is 71.3 Å². The van der Waals surface area contributed by atoms with Crippen molar-refractivity contribution >= 4 is 5.91 Å². The van der Waals surface area contributed by atoms with Crippen molar-refractivity contribution in [3.8, 4) is 0 Å². The number of hydrogen-bond donors (Lipinski definition) is 1. The van der Waals surface area contributed by atoms with Crippen LogP contribution in [0, 0.1) is 0 Å². The van der Waals surface area contributed by atoms with Gasteiger partial charge in [-0.25, -0.2) is 0 Å². The lowest BCUT2D eigenvalue weighted by Gasteiger charge is -2.17. The maximum Gasteiger partial charge on any atom is 0.226 e. The molecule has 0 fully saturated rings. The van der Waals surface area contributed by atoms with Gasteiger partial charge in [0.25, 0.3) is 0 Å². The van der Waals surface area contributed by atoms with Crippen LogP contribution in [-0.4, -0.2) is 24.4 Å². The van der Waals surface area contributed by atoms with E-state index in [2.05, 4.69) is 12.1 Å². The number of carbonyl (C=O) groups excluding carboxylic acids is 1. The van der Waals surface area contributed by atoms with E-state index in [1.807, 2.05) is 49.5 Å². The molecule has 0 heterocycles. The molecule has 2 rings (SSSR count). The Hall–Kier alpha value is -2.13. The summed E-state index contributed by atoms with van der Waals surface area (Å²) in [6.45, 7) is 1.27. The summed E-state index contributed by atoms with van der Waals surface area (Å²) < 4.78 is 0. The van der Waals surface area contributed by atoms with E-state index in [0.29, 0.717) is 13.0 Å². The number of nitrogens with two attached hydrogens (primary N) is 1. The molecule has 3 nitrogen and oxygen atoms in total. The molecule has 0 spiro atoms. The minimum Gasteiger partial charge on any atom is -0.345 e. The van der Waals surface area contributed by atoms with Gasteiger partial charge in [-0.2, -0.15) is 0 Å². The highest BCUT2D eigenvalue weighted by atomic mass is 16.2. The largest absolute Gasteiger partial charge is 0.345 e. The van der Waals surface area contributed by atoms with Gasteiger partial charge in [-0.05, 0) is 23.1 Å². The van der Waals surface area contributed by atoms with Crippen molar-refractivity contribution in [2.45, 2.75) is 19.4 Å². The fraction of sp³-hybridized carbons (Fsp3) is 0.278. The van der Waals surface area contributed by atoms with Gasteiger partial charge in [0, 0.05) is 20.1 Å². The molecule has 2 N–H and O–H groups in total. The molecular formula is C18H22N2O. The minimum absolute atomic E-state index is 0.145. The number of carbonyl (C=O) groups is 1. The molecule has 1 amide bonds. The second-order valence-electron chi connectivity index (χ2n) is 5.25. The first-order valence-corrected chi connectivity index (χ1v) is 7.25. The monoisotopic (exact) mass is 282 g/mol. The Kier molecular flexibility index (Phi) is 5.52. The Labute approximate surface area is 126 Å². The lowest BCUT2D eigenvalue weighted by atomic mass is 10.1. The summed E-state index contributed by atoms with van der Waals surface area (Å²) in [6.07, 6.45) is 1.32. The van der Waals surface area contributed by atoms with Crippen LogP contribution < -0.4 is 5.73 Å². The van der Waals surface area contributed by atoms with E-state index in [1.54, 1.807) is 4.90 Å². The molecule has 0 aromatic heterocycles. The topological polar surface area (TPSA) is 46.3 Å². The summed E-state index contributed by atoms with van der Waals surface area (Å²) in [5.74, 6) is 0.145. The Morgan fingerprint density at radius 2 is 1.57 bits per heavy atom. The molecule has 0 bridgehead atoms. The summed E-state index contributed by atoms with van der Waals surface area (Å²) in [5, 5.41) is 0. The highest BCUT2D eigenvalue weighted by molar-refractivity contribution is 5.78. The van der Waals surface area contributed by atoms with Crippen LogP contribution in [-0.2, 0) is 24.2 Å². The Morgan fingerprint density at radius 3 is 2.19 bits per heavy atom. The van der Waals surface area contributed by atoms with E-state index in [-0.39, 0.29) is 5.91 Å². The average Bonchev–Trinajstić information content (AvgIpc) is 2.54. The van der Waals surface area contributed by atoms with Crippen molar-refractivity contribution < 1.29 is 4.79 Å². The van der Waals surface area contributed by atoms with Gasteiger partial charge in [-0.1, -0.05) is 54.6 Å². The van der Waals surface area contributed by atoms with Crippen LogP contribution in [0.25, 0.3) is 0 Å². The summed E-state index contributed by atoms with van der Waals surface area (Å²) in [5.41, 5.74) is 8.94. The number of hydrogen-bond acceptors (Lipinski definition) is 2. The zero-order chi connectivity index (χ0) is 15.1. The maximum atomic E-state index is 12.2. The minimum atomic E-state index is 0.145. The maximum absolute atomic E-state index is 12.2. The van der Waals surface area contributed by atoms with Crippen molar-refractivity contribution in [2.24, 2.45) is 5.73 Å². The number of likely N-dealkylation sites (N-methyl/N-ethyl adjacent to an activating group) is 1. The van der Waals surface area contributed by atoms with Crippen LogP contribution in [0.2, 0.25) is 0 Å². The van der Waals surface area contributed by atoms with Crippen molar-refractivity contribution in [1.29, 1.82) is 0 Å². The normalized spacial score (nSPS) is 10.4. The van der Waals surface area contributed by atoms with E-state index < -0.39 is 0 Å². The van der Waals surface area contributed by atoms with E-state index in [9.17, 15) is 4.79 Å². The van der Waals surface area contributed by atoms with Gasteiger partial charge >= 0.3 is 0 Å². The Bertz CT molecular complexity index is 564. The van der Waals surface area contributed by atoms with E-state index in [1.165, 1.54) is 5.56 Å². The molecule has 0 unspecified atom stereocenters. The van der Waals surface area contributed by atoms with Crippen molar-refractivity contribution in [1.82, 2.24) is 4.90 Å². The first-order valence-electron chi connectivity index (χ1n) is 7.25. The molecule has 0 aliphatic rings. The average molecular weight is 282 g/mol. The van der Waals surface area contributed by atoms with E-state index >= 15 is 0 Å². The molecule has 110 valence electrons. The molecule has 0 saturated carbocycles. The third-order valence-corrected chi connectivity index (χ3v) is 3.62. The zero-order valence-corrected chi connectivity index (χ0v) is 12.5. The third kappa shape index (κ3) is 4.72. The quantitative estimate of drug-likeness (QED) is 0.884. The highest BCUT2D eigenvalue weighted by Gasteiger charge is 2.09. The molecule has 3 heteroatoms. The standard InChI is InChI=1S/C18H22N2O/c1-20(12-11-15-5-3-2-4-6-15)18(21)13-16-7-9-17(14-19)10-8-16/h2-10H,11-14,19H2,1H3. The van der Waals surface area contributed by atoms with Crippen LogP contribution in [0.4, 0.5) is 0 Å². The van der Waals surface area contributed by atoms with Crippen LogP contribution in [0.15, 0.2) is 54.6 Å². The predicted octanol–water partition coefficient (Wildman–Crippen LogP) is 2.39. The highest BCUT2D eigenvalue weighted by Crippen LogP contribution is 2.07. The number of amides is 1. The summed E-state index contributed by atoms with van der Waals surface area (Å²) in [6, 6.07) is 18.1. The van der Waals surface area contributed by atoms with Crippen molar-refractivity contribution in [2.75, 3.05) is 13.6 Å².